The number of amides is 3. The van der Waals surface area contributed by atoms with Crippen molar-refractivity contribution in [2.45, 2.75) is 4.90 Å². The zero-order chi connectivity index (χ0) is 27.6. The minimum atomic E-state index is -0.611. The molecule has 9 heteroatoms. The summed E-state index contributed by atoms with van der Waals surface area (Å²) >= 11 is 3.56. The van der Waals surface area contributed by atoms with Crippen LogP contribution in [-0.4, -0.2) is 23.5 Å². The highest BCUT2D eigenvalue weighted by atomic mass is 127. The zero-order valence-electron chi connectivity index (χ0n) is 20.5. The highest BCUT2D eigenvalue weighted by molar-refractivity contribution is 14.1. The molecule has 0 saturated heterocycles. The lowest BCUT2D eigenvalue weighted by molar-refractivity contribution is -0.114. The molecule has 4 rings (SSSR count). The van der Waals surface area contributed by atoms with Gasteiger partial charge < -0.3 is 16.0 Å². The Balaban J connectivity index is 1.40. The van der Waals surface area contributed by atoms with E-state index in [0.717, 1.165) is 14.2 Å². The molecule has 4 aromatic rings. The Bertz CT molecular complexity index is 1490. The van der Waals surface area contributed by atoms with Gasteiger partial charge in [-0.1, -0.05) is 36.4 Å². The van der Waals surface area contributed by atoms with Gasteiger partial charge in [0.05, 0.1) is 5.75 Å². The molecule has 0 radical (unpaired) electrons. The first kappa shape index (κ1) is 28.1. The van der Waals surface area contributed by atoms with Crippen LogP contribution in [0.4, 0.5) is 15.8 Å². The molecule has 196 valence electrons. The number of rotatable bonds is 9. The standard InChI is InChI=1S/C30H23FIN3O3S/c31-26-9-5-4-8-21(26)18-27(35-29(37)20-6-2-1-3-7-20)30(38)34-24-14-16-25(17-15-24)39-19-28(36)33-23-12-10-22(32)11-13-23/h1-18H,19H2,(H,33,36)(H,34,38)(H,35,37)/b27-18-. The summed E-state index contributed by atoms with van der Waals surface area (Å²) in [5, 5.41) is 8.18. The summed E-state index contributed by atoms with van der Waals surface area (Å²) in [7, 11) is 0. The molecule has 0 aliphatic rings. The fraction of sp³-hybridized carbons (Fsp3) is 0.0333. The Morgan fingerprint density at radius 1 is 0.769 bits per heavy atom. The second kappa shape index (κ2) is 13.7. The Labute approximate surface area is 243 Å². The third-order valence-electron chi connectivity index (χ3n) is 5.34. The Hall–Kier alpha value is -3.96. The zero-order valence-corrected chi connectivity index (χ0v) is 23.5. The molecule has 39 heavy (non-hydrogen) atoms. The van der Waals surface area contributed by atoms with Gasteiger partial charge in [0.25, 0.3) is 11.8 Å². The average Bonchev–Trinajstić information content (AvgIpc) is 2.95. The molecular formula is C30H23FIN3O3S. The number of benzene rings is 4. The van der Waals surface area contributed by atoms with Crippen molar-refractivity contribution < 1.29 is 18.8 Å². The van der Waals surface area contributed by atoms with Crippen molar-refractivity contribution in [1.82, 2.24) is 5.32 Å². The lowest BCUT2D eigenvalue weighted by Crippen LogP contribution is -2.30. The molecule has 3 N–H and O–H groups in total. The molecule has 3 amide bonds. The molecule has 0 atom stereocenters. The van der Waals surface area contributed by atoms with Crippen LogP contribution in [0.2, 0.25) is 0 Å². The second-order valence-corrected chi connectivity index (χ2v) is 10.5. The largest absolute Gasteiger partial charge is 0.325 e. The molecule has 0 fully saturated rings. The summed E-state index contributed by atoms with van der Waals surface area (Å²) in [6.45, 7) is 0. The van der Waals surface area contributed by atoms with Gasteiger partial charge in [-0.05, 0) is 95.4 Å². The number of carbonyl (C=O) groups excluding carboxylic acids is 3. The van der Waals surface area contributed by atoms with Crippen molar-refractivity contribution in [3.8, 4) is 0 Å². The minimum absolute atomic E-state index is 0.111. The smallest absolute Gasteiger partial charge is 0.272 e. The maximum absolute atomic E-state index is 14.3. The number of thioether (sulfide) groups is 1. The Kier molecular flexibility index (Phi) is 9.87. The van der Waals surface area contributed by atoms with E-state index in [1.165, 1.54) is 30.0 Å². The van der Waals surface area contributed by atoms with Gasteiger partial charge in [0.2, 0.25) is 5.91 Å². The molecule has 0 spiro atoms. The van der Waals surface area contributed by atoms with Crippen LogP contribution in [0.5, 0.6) is 0 Å². The van der Waals surface area contributed by atoms with Crippen LogP contribution in [0, 0.1) is 9.39 Å². The normalized spacial score (nSPS) is 11.0. The van der Waals surface area contributed by atoms with Gasteiger partial charge in [-0.2, -0.15) is 0 Å². The lowest BCUT2D eigenvalue weighted by atomic mass is 10.1. The molecule has 0 bridgehead atoms. The van der Waals surface area contributed by atoms with Crippen LogP contribution < -0.4 is 16.0 Å². The van der Waals surface area contributed by atoms with Crippen molar-refractivity contribution in [3.05, 3.63) is 129 Å². The van der Waals surface area contributed by atoms with Crippen LogP contribution in [0.1, 0.15) is 15.9 Å². The molecule has 4 aromatic carbocycles. The van der Waals surface area contributed by atoms with E-state index in [4.69, 9.17) is 0 Å². The van der Waals surface area contributed by atoms with E-state index in [9.17, 15) is 18.8 Å². The fourth-order valence-electron chi connectivity index (χ4n) is 3.40. The van der Waals surface area contributed by atoms with Gasteiger partial charge in [0.1, 0.15) is 11.5 Å². The molecule has 0 aromatic heterocycles. The number of nitrogens with one attached hydrogen (secondary N) is 3. The quantitative estimate of drug-likeness (QED) is 0.109. The summed E-state index contributed by atoms with van der Waals surface area (Å²) in [5.41, 5.74) is 1.61. The van der Waals surface area contributed by atoms with Crippen molar-refractivity contribution in [2.24, 2.45) is 0 Å². The summed E-state index contributed by atoms with van der Waals surface area (Å²) in [5.74, 6) is -1.54. The van der Waals surface area contributed by atoms with Crippen molar-refractivity contribution in [2.75, 3.05) is 16.4 Å². The molecule has 0 saturated carbocycles. The van der Waals surface area contributed by atoms with Crippen LogP contribution in [0.15, 0.2) is 114 Å². The van der Waals surface area contributed by atoms with Gasteiger partial charge in [-0.3, -0.25) is 14.4 Å². The van der Waals surface area contributed by atoms with Crippen molar-refractivity contribution >= 4 is 69.5 Å². The number of halogens is 2. The van der Waals surface area contributed by atoms with Crippen molar-refractivity contribution in [3.63, 3.8) is 0 Å². The highest BCUT2D eigenvalue weighted by Gasteiger charge is 2.16. The maximum Gasteiger partial charge on any atom is 0.272 e. The molecule has 0 heterocycles. The van der Waals surface area contributed by atoms with E-state index >= 15 is 0 Å². The first-order valence-corrected chi connectivity index (χ1v) is 13.9. The van der Waals surface area contributed by atoms with E-state index < -0.39 is 17.6 Å². The van der Waals surface area contributed by atoms with Crippen LogP contribution in [0.25, 0.3) is 6.08 Å². The van der Waals surface area contributed by atoms with Crippen LogP contribution in [-0.2, 0) is 9.59 Å². The van der Waals surface area contributed by atoms with E-state index in [1.807, 2.05) is 24.3 Å². The summed E-state index contributed by atoms with van der Waals surface area (Å²) < 4.78 is 15.4. The molecule has 0 aliphatic carbocycles. The first-order chi connectivity index (χ1) is 18.9. The van der Waals surface area contributed by atoms with Gasteiger partial charge in [0, 0.05) is 31.0 Å². The monoisotopic (exact) mass is 651 g/mol. The van der Waals surface area contributed by atoms with Gasteiger partial charge in [-0.15, -0.1) is 11.8 Å². The summed E-state index contributed by atoms with van der Waals surface area (Å²) in [6, 6.07) is 28.9. The van der Waals surface area contributed by atoms with Crippen LogP contribution in [0.3, 0.4) is 0 Å². The number of hydrogen-bond donors (Lipinski definition) is 3. The topological polar surface area (TPSA) is 87.3 Å². The van der Waals surface area contributed by atoms with E-state index in [0.29, 0.717) is 11.3 Å². The molecule has 0 aliphatic heterocycles. The maximum atomic E-state index is 14.3. The van der Waals surface area contributed by atoms with Crippen molar-refractivity contribution in [1.29, 1.82) is 0 Å². The molecule has 6 nitrogen and oxygen atoms in total. The van der Waals surface area contributed by atoms with Gasteiger partial charge in [-0.25, -0.2) is 4.39 Å². The average molecular weight is 652 g/mol. The minimum Gasteiger partial charge on any atom is -0.325 e. The third kappa shape index (κ3) is 8.52. The molecular weight excluding hydrogens is 628 g/mol. The summed E-state index contributed by atoms with van der Waals surface area (Å²) in [4.78, 5) is 38.9. The number of hydrogen-bond acceptors (Lipinski definition) is 4. The first-order valence-electron chi connectivity index (χ1n) is 11.8. The number of carbonyl (C=O) groups is 3. The number of anilines is 2. The predicted octanol–water partition coefficient (Wildman–Crippen LogP) is 6.57. The van der Waals surface area contributed by atoms with E-state index in [-0.39, 0.29) is 22.9 Å². The lowest BCUT2D eigenvalue weighted by Gasteiger charge is -2.12. The van der Waals surface area contributed by atoms with E-state index in [1.54, 1.807) is 66.7 Å². The Morgan fingerprint density at radius 2 is 1.38 bits per heavy atom. The van der Waals surface area contributed by atoms with E-state index in [2.05, 4.69) is 38.5 Å². The molecule has 0 unspecified atom stereocenters. The summed E-state index contributed by atoms with van der Waals surface area (Å²) in [6.07, 6.45) is 1.29. The second-order valence-electron chi connectivity index (χ2n) is 8.22. The van der Waals surface area contributed by atoms with Gasteiger partial charge in [0.15, 0.2) is 0 Å². The predicted molar refractivity (Wildman–Crippen MR) is 162 cm³/mol. The third-order valence-corrected chi connectivity index (χ3v) is 7.08. The SMILES string of the molecule is O=C(CSc1ccc(NC(=O)/C(=C/c2ccccc2F)NC(=O)c2ccccc2)cc1)Nc1ccc(I)cc1. The Morgan fingerprint density at radius 3 is 2.08 bits per heavy atom. The van der Waals surface area contributed by atoms with Crippen LogP contribution >= 0.6 is 34.4 Å². The fourth-order valence-corrected chi connectivity index (χ4v) is 4.46. The van der Waals surface area contributed by atoms with Gasteiger partial charge >= 0.3 is 0 Å². The highest BCUT2D eigenvalue weighted by Crippen LogP contribution is 2.22.